The molecule has 3 rings (SSSR count). The summed E-state index contributed by atoms with van der Waals surface area (Å²) < 4.78 is 2.02. The lowest BCUT2D eigenvalue weighted by atomic mass is 10.3. The van der Waals surface area contributed by atoms with Gasteiger partial charge in [0.2, 0.25) is 0 Å². The topological polar surface area (TPSA) is 63.3 Å². The van der Waals surface area contributed by atoms with Crippen LogP contribution in [0.15, 0.2) is 12.3 Å². The summed E-state index contributed by atoms with van der Waals surface area (Å²) in [6.45, 7) is 1.61. The first kappa shape index (κ1) is 12.5. The number of carbonyl (C=O) groups is 1. The number of hydrogen-bond acceptors (Lipinski definition) is 3. The van der Waals surface area contributed by atoms with E-state index in [2.05, 4.69) is 17.3 Å². The molecule has 2 aliphatic carbocycles. The molecule has 2 aliphatic rings. The van der Waals surface area contributed by atoms with E-state index in [4.69, 9.17) is 5.73 Å². The van der Waals surface area contributed by atoms with E-state index in [-0.39, 0.29) is 5.91 Å². The van der Waals surface area contributed by atoms with Gasteiger partial charge in [-0.2, -0.15) is 0 Å². The molecule has 0 aliphatic heterocycles. The molecule has 0 atom stereocenters. The van der Waals surface area contributed by atoms with Crippen LogP contribution < -0.4 is 11.1 Å². The van der Waals surface area contributed by atoms with E-state index in [1.165, 1.54) is 12.8 Å². The van der Waals surface area contributed by atoms with Gasteiger partial charge in [0.1, 0.15) is 5.69 Å². The van der Waals surface area contributed by atoms with E-state index in [1.807, 2.05) is 10.8 Å². The molecule has 2 fully saturated rings. The van der Waals surface area contributed by atoms with E-state index in [0.29, 0.717) is 24.0 Å². The average Bonchev–Trinajstić information content (AvgIpc) is 3.26. The van der Waals surface area contributed by atoms with Gasteiger partial charge in [-0.1, -0.05) is 0 Å². The van der Waals surface area contributed by atoms with Gasteiger partial charge in [-0.3, -0.25) is 4.79 Å². The van der Waals surface area contributed by atoms with Crippen molar-refractivity contribution in [2.75, 3.05) is 25.9 Å². The molecule has 3 N–H and O–H groups in total. The Bertz CT molecular complexity index is 474. The molecule has 0 aromatic carbocycles. The molecule has 1 aromatic rings. The van der Waals surface area contributed by atoms with Crippen LogP contribution in [0.2, 0.25) is 0 Å². The minimum atomic E-state index is -0.00667. The predicted molar refractivity (Wildman–Crippen MR) is 75.1 cm³/mol. The first-order valence-corrected chi connectivity index (χ1v) is 7.11. The number of likely N-dealkylation sites (N-methyl/N-ethyl adjacent to an activating group) is 1. The van der Waals surface area contributed by atoms with Gasteiger partial charge in [0.15, 0.2) is 0 Å². The summed E-state index contributed by atoms with van der Waals surface area (Å²) in [6, 6.07) is 2.99. The van der Waals surface area contributed by atoms with Crippen LogP contribution in [0.1, 0.15) is 42.2 Å². The van der Waals surface area contributed by atoms with Crippen molar-refractivity contribution in [1.82, 2.24) is 14.8 Å². The number of nitrogen functional groups attached to an aromatic ring is 1. The Balaban J connectivity index is 1.54. The van der Waals surface area contributed by atoms with Crippen LogP contribution in [0.25, 0.3) is 0 Å². The van der Waals surface area contributed by atoms with Crippen molar-refractivity contribution in [3.63, 3.8) is 0 Å². The van der Waals surface area contributed by atoms with Crippen molar-refractivity contribution in [3.8, 4) is 0 Å². The monoisotopic (exact) mass is 262 g/mol. The highest BCUT2D eigenvalue weighted by molar-refractivity contribution is 5.93. The molecular weight excluding hydrogens is 240 g/mol. The van der Waals surface area contributed by atoms with Crippen LogP contribution in [0.3, 0.4) is 0 Å². The quantitative estimate of drug-likeness (QED) is 0.810. The molecule has 5 heteroatoms. The summed E-state index contributed by atoms with van der Waals surface area (Å²) in [4.78, 5) is 14.5. The van der Waals surface area contributed by atoms with E-state index >= 15 is 0 Å². The van der Waals surface area contributed by atoms with Crippen LogP contribution in [0, 0.1) is 0 Å². The van der Waals surface area contributed by atoms with Crippen molar-refractivity contribution in [2.45, 2.75) is 37.8 Å². The van der Waals surface area contributed by atoms with Crippen LogP contribution in [-0.4, -0.2) is 41.6 Å². The smallest absolute Gasteiger partial charge is 0.268 e. The molecular formula is C14H22N4O. The zero-order valence-electron chi connectivity index (χ0n) is 11.4. The Kier molecular flexibility index (Phi) is 3.22. The molecule has 1 aromatic heterocycles. The number of nitrogens with one attached hydrogen (secondary N) is 1. The normalized spacial score (nSPS) is 18.8. The zero-order valence-corrected chi connectivity index (χ0v) is 11.4. The SMILES string of the molecule is CN(CCNC(=O)c1cc(N)cn1C1CC1)C1CC1. The number of nitrogens with two attached hydrogens (primary N) is 1. The highest BCUT2D eigenvalue weighted by atomic mass is 16.1. The van der Waals surface area contributed by atoms with Gasteiger partial charge < -0.3 is 20.5 Å². The minimum Gasteiger partial charge on any atom is -0.397 e. The number of anilines is 1. The number of hydrogen-bond donors (Lipinski definition) is 2. The molecule has 19 heavy (non-hydrogen) atoms. The maximum absolute atomic E-state index is 12.2. The Hall–Kier alpha value is -1.49. The maximum Gasteiger partial charge on any atom is 0.268 e. The molecule has 0 bridgehead atoms. The van der Waals surface area contributed by atoms with Crippen molar-refractivity contribution in [1.29, 1.82) is 0 Å². The highest BCUT2D eigenvalue weighted by Crippen LogP contribution is 2.37. The summed E-state index contributed by atoms with van der Waals surface area (Å²) in [5.74, 6) is -0.00667. The second-order valence-corrected chi connectivity index (χ2v) is 5.76. The number of nitrogens with zero attached hydrogens (tertiary/aromatic N) is 2. The first-order chi connectivity index (χ1) is 9.15. The van der Waals surface area contributed by atoms with Crippen LogP contribution in [0.5, 0.6) is 0 Å². The molecule has 5 nitrogen and oxygen atoms in total. The zero-order chi connectivity index (χ0) is 13.4. The van der Waals surface area contributed by atoms with Crippen LogP contribution in [-0.2, 0) is 0 Å². The van der Waals surface area contributed by atoms with Crippen molar-refractivity contribution >= 4 is 11.6 Å². The van der Waals surface area contributed by atoms with Crippen molar-refractivity contribution in [3.05, 3.63) is 18.0 Å². The Morgan fingerprint density at radius 2 is 2.21 bits per heavy atom. The Morgan fingerprint density at radius 1 is 1.47 bits per heavy atom. The van der Waals surface area contributed by atoms with Crippen LogP contribution in [0.4, 0.5) is 5.69 Å². The molecule has 0 spiro atoms. The molecule has 1 amide bonds. The summed E-state index contributed by atoms with van der Waals surface area (Å²) in [5, 5.41) is 2.99. The number of aromatic nitrogens is 1. The van der Waals surface area contributed by atoms with Crippen LogP contribution >= 0.6 is 0 Å². The molecule has 0 saturated heterocycles. The van der Waals surface area contributed by atoms with Gasteiger partial charge in [-0.05, 0) is 38.8 Å². The molecule has 0 unspecified atom stereocenters. The fourth-order valence-corrected chi connectivity index (χ4v) is 2.47. The molecule has 0 radical (unpaired) electrons. The lowest BCUT2D eigenvalue weighted by Gasteiger charge is -2.16. The average molecular weight is 262 g/mol. The van der Waals surface area contributed by atoms with Crippen molar-refractivity contribution in [2.24, 2.45) is 0 Å². The summed E-state index contributed by atoms with van der Waals surface area (Å²) in [6.07, 6.45) is 6.78. The van der Waals surface area contributed by atoms with E-state index in [1.54, 1.807) is 6.07 Å². The number of amides is 1. The summed E-state index contributed by atoms with van der Waals surface area (Å²) in [5.41, 5.74) is 7.17. The summed E-state index contributed by atoms with van der Waals surface area (Å²) >= 11 is 0. The van der Waals surface area contributed by atoms with E-state index in [0.717, 1.165) is 25.4 Å². The largest absolute Gasteiger partial charge is 0.397 e. The van der Waals surface area contributed by atoms with Gasteiger partial charge in [0.05, 0.1) is 5.69 Å². The predicted octanol–water partition coefficient (Wildman–Crippen LogP) is 1.23. The van der Waals surface area contributed by atoms with Gasteiger partial charge >= 0.3 is 0 Å². The summed E-state index contributed by atoms with van der Waals surface area (Å²) in [7, 11) is 2.12. The third kappa shape index (κ3) is 2.92. The first-order valence-electron chi connectivity index (χ1n) is 7.11. The highest BCUT2D eigenvalue weighted by Gasteiger charge is 2.28. The number of rotatable bonds is 6. The maximum atomic E-state index is 12.2. The lowest BCUT2D eigenvalue weighted by Crippen LogP contribution is -2.34. The lowest BCUT2D eigenvalue weighted by molar-refractivity contribution is 0.0940. The Labute approximate surface area is 113 Å². The standard InChI is InChI=1S/C14H22N4O/c1-17(11-2-3-11)7-6-16-14(19)13-8-10(15)9-18(13)12-4-5-12/h8-9,11-12H,2-7,15H2,1H3,(H,16,19). The molecule has 1 heterocycles. The van der Waals surface area contributed by atoms with Gasteiger partial charge in [-0.15, -0.1) is 0 Å². The van der Waals surface area contributed by atoms with Gasteiger partial charge in [0, 0.05) is 31.4 Å². The number of carbonyl (C=O) groups excluding carboxylic acids is 1. The molecule has 2 saturated carbocycles. The van der Waals surface area contributed by atoms with Gasteiger partial charge in [0.25, 0.3) is 5.91 Å². The van der Waals surface area contributed by atoms with Crippen molar-refractivity contribution < 1.29 is 4.79 Å². The van der Waals surface area contributed by atoms with E-state index < -0.39 is 0 Å². The second-order valence-electron chi connectivity index (χ2n) is 5.76. The Morgan fingerprint density at radius 3 is 2.84 bits per heavy atom. The molecule has 104 valence electrons. The fraction of sp³-hybridized carbons (Fsp3) is 0.643. The van der Waals surface area contributed by atoms with E-state index in [9.17, 15) is 4.79 Å². The third-order valence-corrected chi connectivity index (χ3v) is 3.96. The van der Waals surface area contributed by atoms with Gasteiger partial charge in [-0.25, -0.2) is 0 Å². The fourth-order valence-electron chi connectivity index (χ4n) is 2.47. The minimum absolute atomic E-state index is 0.00667. The third-order valence-electron chi connectivity index (χ3n) is 3.96. The second kappa shape index (κ2) is 4.89.